The maximum absolute atomic E-state index is 11.7. The fourth-order valence-corrected chi connectivity index (χ4v) is 1.21. The van der Waals surface area contributed by atoms with Crippen molar-refractivity contribution >= 4 is 5.91 Å². The Balaban J connectivity index is 2.60. The van der Waals surface area contributed by atoms with Crippen LogP contribution in [-0.4, -0.2) is 30.3 Å². The third-order valence-electron chi connectivity index (χ3n) is 2.14. The maximum atomic E-state index is 11.7. The average molecular weight is 235 g/mol. The smallest absolute Gasteiger partial charge is 0.251 e. The quantitative estimate of drug-likeness (QED) is 0.732. The van der Waals surface area contributed by atoms with Crippen LogP contribution in [0, 0.1) is 0 Å². The van der Waals surface area contributed by atoms with Crippen molar-refractivity contribution in [2.75, 3.05) is 13.2 Å². The molecule has 0 saturated heterocycles. The third-order valence-corrected chi connectivity index (χ3v) is 2.14. The molecule has 4 nitrogen and oxygen atoms in total. The molecule has 1 aromatic carbocycles. The minimum absolute atomic E-state index is 0.0771. The van der Waals surface area contributed by atoms with Crippen LogP contribution in [-0.2, 0) is 0 Å². The summed E-state index contributed by atoms with van der Waals surface area (Å²) in [6.07, 6.45) is 1.66. The lowest BCUT2D eigenvalue weighted by Gasteiger charge is -2.11. The highest BCUT2D eigenvalue weighted by Gasteiger charge is 2.08. The van der Waals surface area contributed by atoms with Gasteiger partial charge in [-0.2, -0.15) is 0 Å². The monoisotopic (exact) mass is 235 g/mol. The lowest BCUT2D eigenvalue weighted by Crippen LogP contribution is -2.34. The number of hydrogen-bond acceptors (Lipinski definition) is 3. The highest BCUT2D eigenvalue weighted by atomic mass is 16.5. The summed E-state index contributed by atoms with van der Waals surface area (Å²) in [7, 11) is 0. The number of ether oxygens (including phenoxy) is 1. The van der Waals surface area contributed by atoms with Gasteiger partial charge in [-0.1, -0.05) is 12.7 Å². The van der Waals surface area contributed by atoms with Crippen LogP contribution in [0.25, 0.3) is 0 Å². The van der Waals surface area contributed by atoms with Gasteiger partial charge < -0.3 is 15.2 Å². The number of carbonyl (C=O) groups is 1. The van der Waals surface area contributed by atoms with Crippen LogP contribution in [0.5, 0.6) is 5.75 Å². The summed E-state index contributed by atoms with van der Waals surface area (Å²) >= 11 is 0. The fraction of sp³-hybridized carbons (Fsp3) is 0.308. The van der Waals surface area contributed by atoms with Crippen molar-refractivity contribution in [3.05, 3.63) is 42.5 Å². The number of rotatable bonds is 6. The summed E-state index contributed by atoms with van der Waals surface area (Å²) in [5, 5.41) is 11.5. The van der Waals surface area contributed by atoms with Gasteiger partial charge in [0.1, 0.15) is 12.4 Å². The van der Waals surface area contributed by atoms with Gasteiger partial charge in [-0.25, -0.2) is 0 Å². The Hall–Kier alpha value is -1.81. The molecule has 0 aliphatic carbocycles. The first-order valence-electron chi connectivity index (χ1n) is 5.43. The van der Waals surface area contributed by atoms with E-state index in [1.54, 1.807) is 37.3 Å². The summed E-state index contributed by atoms with van der Waals surface area (Å²) in [5.41, 5.74) is 0.538. The molecule has 17 heavy (non-hydrogen) atoms. The number of benzene rings is 1. The number of amides is 1. The lowest BCUT2D eigenvalue weighted by molar-refractivity contribution is 0.0922. The van der Waals surface area contributed by atoms with Crippen LogP contribution in [0.1, 0.15) is 17.3 Å². The van der Waals surface area contributed by atoms with Crippen LogP contribution in [0.4, 0.5) is 0 Å². The number of aliphatic hydroxyl groups excluding tert-OH is 1. The number of nitrogens with one attached hydrogen (secondary N) is 1. The van der Waals surface area contributed by atoms with Crippen LogP contribution in [0.3, 0.4) is 0 Å². The second kappa shape index (κ2) is 6.70. The molecule has 92 valence electrons. The zero-order valence-corrected chi connectivity index (χ0v) is 9.85. The largest absolute Gasteiger partial charge is 0.490 e. The van der Waals surface area contributed by atoms with Crippen molar-refractivity contribution in [1.82, 2.24) is 5.32 Å². The summed E-state index contributed by atoms with van der Waals surface area (Å²) in [4.78, 5) is 11.7. The predicted octanol–water partition coefficient (Wildman–Crippen LogP) is 1.36. The van der Waals surface area contributed by atoms with Crippen LogP contribution in [0.15, 0.2) is 36.9 Å². The lowest BCUT2D eigenvalue weighted by atomic mass is 10.2. The highest BCUT2D eigenvalue weighted by Crippen LogP contribution is 2.12. The van der Waals surface area contributed by atoms with Crippen LogP contribution < -0.4 is 10.1 Å². The predicted molar refractivity (Wildman–Crippen MR) is 66.1 cm³/mol. The SMILES string of the molecule is C=CCOc1ccc(C(=O)N[C@@H](C)CO)cc1. The summed E-state index contributed by atoms with van der Waals surface area (Å²) < 4.78 is 5.30. The van der Waals surface area contributed by atoms with E-state index in [1.165, 1.54) is 0 Å². The first-order valence-corrected chi connectivity index (χ1v) is 5.43. The molecule has 0 radical (unpaired) electrons. The van der Waals surface area contributed by atoms with Gasteiger partial charge in [-0.3, -0.25) is 4.79 Å². The standard InChI is InChI=1S/C13H17NO3/c1-3-8-17-12-6-4-11(5-7-12)13(16)14-10(2)9-15/h3-7,10,15H,1,8-9H2,2H3,(H,14,16)/t10-/m0/s1. The van der Waals surface area contributed by atoms with E-state index in [1.807, 2.05) is 0 Å². The second-order valence-corrected chi connectivity index (χ2v) is 3.68. The van der Waals surface area contributed by atoms with E-state index >= 15 is 0 Å². The third kappa shape index (κ3) is 4.28. The molecule has 1 atom stereocenters. The normalized spacial score (nSPS) is 11.6. The summed E-state index contributed by atoms with van der Waals surface area (Å²) in [6, 6.07) is 6.55. The number of hydrogen-bond donors (Lipinski definition) is 2. The minimum Gasteiger partial charge on any atom is -0.490 e. The average Bonchev–Trinajstić information content (AvgIpc) is 2.36. The zero-order valence-electron chi connectivity index (χ0n) is 9.85. The molecule has 0 unspecified atom stereocenters. The van der Waals surface area contributed by atoms with E-state index in [0.717, 1.165) is 0 Å². The van der Waals surface area contributed by atoms with Crippen molar-refractivity contribution < 1.29 is 14.6 Å². The number of aliphatic hydroxyl groups is 1. The van der Waals surface area contributed by atoms with Gasteiger partial charge in [0.25, 0.3) is 5.91 Å². The van der Waals surface area contributed by atoms with Gasteiger partial charge in [0.2, 0.25) is 0 Å². The van der Waals surface area contributed by atoms with Gasteiger partial charge in [0, 0.05) is 11.6 Å². The van der Waals surface area contributed by atoms with Gasteiger partial charge >= 0.3 is 0 Å². The van der Waals surface area contributed by atoms with E-state index in [-0.39, 0.29) is 18.6 Å². The number of carbonyl (C=O) groups excluding carboxylic acids is 1. The minimum atomic E-state index is -0.251. The van der Waals surface area contributed by atoms with E-state index in [9.17, 15) is 4.79 Å². The molecule has 0 spiro atoms. The molecular formula is C13H17NO3. The van der Waals surface area contributed by atoms with Crippen molar-refractivity contribution in [2.24, 2.45) is 0 Å². The Morgan fingerprint density at radius 1 is 1.53 bits per heavy atom. The first-order chi connectivity index (χ1) is 8.17. The molecular weight excluding hydrogens is 218 g/mol. The first kappa shape index (κ1) is 13.3. The molecule has 1 amide bonds. The Bertz CT molecular complexity index is 373. The molecule has 1 aromatic rings. The highest BCUT2D eigenvalue weighted by molar-refractivity contribution is 5.94. The fourth-order valence-electron chi connectivity index (χ4n) is 1.21. The topological polar surface area (TPSA) is 58.6 Å². The summed E-state index contributed by atoms with van der Waals surface area (Å²) in [5.74, 6) is 0.485. The second-order valence-electron chi connectivity index (χ2n) is 3.68. The molecule has 0 saturated carbocycles. The van der Waals surface area contributed by atoms with Gasteiger partial charge in [0.15, 0.2) is 0 Å². The van der Waals surface area contributed by atoms with E-state index < -0.39 is 0 Å². The van der Waals surface area contributed by atoms with Crippen LogP contribution >= 0.6 is 0 Å². The molecule has 2 N–H and O–H groups in total. The Labute approximate surface area is 101 Å². The Morgan fingerprint density at radius 3 is 2.71 bits per heavy atom. The molecule has 0 aliphatic heterocycles. The van der Waals surface area contributed by atoms with Crippen molar-refractivity contribution in [3.63, 3.8) is 0 Å². The van der Waals surface area contributed by atoms with E-state index in [4.69, 9.17) is 9.84 Å². The van der Waals surface area contributed by atoms with Crippen molar-refractivity contribution in [3.8, 4) is 5.75 Å². The molecule has 0 aliphatic rings. The molecule has 0 fully saturated rings. The van der Waals surface area contributed by atoms with Crippen LogP contribution in [0.2, 0.25) is 0 Å². The van der Waals surface area contributed by atoms with Crippen molar-refractivity contribution in [1.29, 1.82) is 0 Å². The van der Waals surface area contributed by atoms with E-state index in [0.29, 0.717) is 17.9 Å². The van der Waals surface area contributed by atoms with E-state index in [2.05, 4.69) is 11.9 Å². The van der Waals surface area contributed by atoms with Crippen molar-refractivity contribution in [2.45, 2.75) is 13.0 Å². The summed E-state index contributed by atoms with van der Waals surface area (Å²) in [6.45, 7) is 5.65. The molecule has 4 heteroatoms. The Kier molecular flexibility index (Phi) is 5.23. The zero-order chi connectivity index (χ0) is 12.7. The Morgan fingerprint density at radius 2 is 2.18 bits per heavy atom. The van der Waals surface area contributed by atoms with Gasteiger partial charge in [0.05, 0.1) is 6.61 Å². The maximum Gasteiger partial charge on any atom is 0.251 e. The van der Waals surface area contributed by atoms with Gasteiger partial charge in [-0.05, 0) is 31.2 Å². The molecule has 0 heterocycles. The molecule has 1 rings (SSSR count). The van der Waals surface area contributed by atoms with Gasteiger partial charge in [-0.15, -0.1) is 0 Å². The molecule has 0 bridgehead atoms. The molecule has 0 aromatic heterocycles.